The minimum Gasteiger partial charge on any atom is -0.383 e. The zero-order valence-corrected chi connectivity index (χ0v) is 10.3. The van der Waals surface area contributed by atoms with Crippen LogP contribution in [0.5, 0.6) is 0 Å². The van der Waals surface area contributed by atoms with E-state index in [9.17, 15) is 9.59 Å². The molecule has 1 aliphatic heterocycles. The predicted molar refractivity (Wildman–Crippen MR) is 65.7 cm³/mol. The molecule has 2 rings (SSSR count). The maximum Gasteiger partial charge on any atom is 0.257 e. The number of nitrogens with two attached hydrogens (primary N) is 1. The molecule has 7 heteroatoms. The Morgan fingerprint density at radius 1 is 1.50 bits per heavy atom. The summed E-state index contributed by atoms with van der Waals surface area (Å²) in [6.45, 7) is 3.22. The number of likely N-dealkylation sites (tertiary alicyclic amines) is 1. The molecule has 2 amide bonds. The molecule has 1 unspecified atom stereocenters. The SMILES string of the molecule is CC(NC(=O)c1cn[nH]c1N)C(=O)N1CCCC1. The highest BCUT2D eigenvalue weighted by Gasteiger charge is 2.25. The summed E-state index contributed by atoms with van der Waals surface area (Å²) in [7, 11) is 0. The molecule has 0 saturated carbocycles. The molecule has 1 saturated heterocycles. The summed E-state index contributed by atoms with van der Waals surface area (Å²) in [4.78, 5) is 25.6. The second kappa shape index (κ2) is 5.07. The van der Waals surface area contributed by atoms with Crippen molar-refractivity contribution >= 4 is 17.6 Å². The second-order valence-corrected chi connectivity index (χ2v) is 4.42. The molecule has 4 N–H and O–H groups in total. The Kier molecular flexibility index (Phi) is 3.50. The van der Waals surface area contributed by atoms with E-state index in [1.807, 2.05) is 0 Å². The average molecular weight is 251 g/mol. The van der Waals surface area contributed by atoms with Crippen LogP contribution in [0.25, 0.3) is 0 Å². The largest absolute Gasteiger partial charge is 0.383 e. The number of hydrogen-bond acceptors (Lipinski definition) is 4. The third-order valence-corrected chi connectivity index (χ3v) is 3.05. The molecule has 0 aromatic carbocycles. The van der Waals surface area contributed by atoms with Gasteiger partial charge in [-0.05, 0) is 19.8 Å². The maximum atomic E-state index is 12.0. The van der Waals surface area contributed by atoms with Gasteiger partial charge in [-0.15, -0.1) is 0 Å². The Labute approximate surface area is 105 Å². The number of amides is 2. The monoisotopic (exact) mass is 251 g/mol. The molecule has 7 nitrogen and oxygen atoms in total. The standard InChI is InChI=1S/C11H17N5O2/c1-7(11(18)16-4-2-3-5-16)14-10(17)8-6-13-15-9(8)12/h6-7H,2-5H2,1H3,(H,14,17)(H3,12,13,15). The lowest BCUT2D eigenvalue weighted by Gasteiger charge is -2.20. The highest BCUT2D eigenvalue weighted by atomic mass is 16.2. The van der Waals surface area contributed by atoms with E-state index in [0.29, 0.717) is 0 Å². The Balaban J connectivity index is 1.94. The zero-order chi connectivity index (χ0) is 13.1. The van der Waals surface area contributed by atoms with Gasteiger partial charge in [0, 0.05) is 13.1 Å². The van der Waals surface area contributed by atoms with Crippen molar-refractivity contribution < 1.29 is 9.59 Å². The van der Waals surface area contributed by atoms with Crippen LogP contribution in [0.15, 0.2) is 6.20 Å². The number of hydrogen-bond donors (Lipinski definition) is 3. The second-order valence-electron chi connectivity index (χ2n) is 4.42. The number of nitrogen functional groups attached to an aromatic ring is 1. The summed E-state index contributed by atoms with van der Waals surface area (Å²) < 4.78 is 0. The van der Waals surface area contributed by atoms with Crippen molar-refractivity contribution in [3.05, 3.63) is 11.8 Å². The number of nitrogens with zero attached hydrogens (tertiary/aromatic N) is 2. The molecular weight excluding hydrogens is 234 g/mol. The summed E-state index contributed by atoms with van der Waals surface area (Å²) in [5, 5.41) is 8.77. The molecule has 1 aromatic heterocycles. The molecule has 1 aromatic rings. The normalized spacial score (nSPS) is 16.6. The van der Waals surface area contributed by atoms with E-state index < -0.39 is 6.04 Å². The molecule has 2 heterocycles. The lowest BCUT2D eigenvalue weighted by atomic mass is 10.2. The Morgan fingerprint density at radius 3 is 2.72 bits per heavy atom. The molecule has 0 bridgehead atoms. The van der Waals surface area contributed by atoms with Gasteiger partial charge in [0.15, 0.2) is 0 Å². The van der Waals surface area contributed by atoms with Crippen LogP contribution in [0.2, 0.25) is 0 Å². The molecule has 0 aliphatic carbocycles. The van der Waals surface area contributed by atoms with E-state index in [4.69, 9.17) is 5.73 Å². The Bertz CT molecular complexity index is 450. The van der Waals surface area contributed by atoms with Gasteiger partial charge in [-0.25, -0.2) is 0 Å². The highest BCUT2D eigenvalue weighted by Crippen LogP contribution is 2.10. The molecule has 98 valence electrons. The van der Waals surface area contributed by atoms with Gasteiger partial charge in [0.2, 0.25) is 5.91 Å². The van der Waals surface area contributed by atoms with Gasteiger partial charge in [0.1, 0.15) is 17.4 Å². The molecular formula is C11H17N5O2. The smallest absolute Gasteiger partial charge is 0.257 e. The van der Waals surface area contributed by atoms with Gasteiger partial charge in [-0.1, -0.05) is 0 Å². The van der Waals surface area contributed by atoms with E-state index in [0.717, 1.165) is 25.9 Å². The number of H-pyrrole nitrogens is 1. The van der Waals surface area contributed by atoms with E-state index in [2.05, 4.69) is 15.5 Å². The molecule has 1 aliphatic rings. The van der Waals surface area contributed by atoms with Gasteiger partial charge < -0.3 is 16.0 Å². The average Bonchev–Trinajstić information content (AvgIpc) is 2.98. The van der Waals surface area contributed by atoms with Crippen molar-refractivity contribution in [2.24, 2.45) is 0 Å². The number of aromatic amines is 1. The fourth-order valence-electron chi connectivity index (χ4n) is 2.02. The molecule has 0 radical (unpaired) electrons. The number of anilines is 1. The first-order valence-corrected chi connectivity index (χ1v) is 5.98. The van der Waals surface area contributed by atoms with Crippen LogP contribution in [-0.2, 0) is 4.79 Å². The fourth-order valence-corrected chi connectivity index (χ4v) is 2.02. The maximum absolute atomic E-state index is 12.0. The summed E-state index contributed by atoms with van der Waals surface area (Å²) >= 11 is 0. The summed E-state index contributed by atoms with van der Waals surface area (Å²) in [5.74, 6) is -0.238. The Morgan fingerprint density at radius 2 is 2.17 bits per heavy atom. The van der Waals surface area contributed by atoms with Crippen LogP contribution in [0, 0.1) is 0 Å². The number of rotatable bonds is 3. The van der Waals surface area contributed by atoms with Gasteiger partial charge in [0.25, 0.3) is 5.91 Å². The predicted octanol–water partition coefficient (Wildman–Crippen LogP) is -0.267. The zero-order valence-electron chi connectivity index (χ0n) is 10.3. The van der Waals surface area contributed by atoms with Gasteiger partial charge in [0.05, 0.1) is 6.20 Å². The van der Waals surface area contributed by atoms with E-state index >= 15 is 0 Å². The first-order valence-electron chi connectivity index (χ1n) is 5.98. The molecule has 18 heavy (non-hydrogen) atoms. The summed E-state index contributed by atoms with van der Waals surface area (Å²) in [6.07, 6.45) is 3.40. The first kappa shape index (κ1) is 12.4. The van der Waals surface area contributed by atoms with E-state index in [1.54, 1.807) is 11.8 Å². The minimum absolute atomic E-state index is 0.0529. The number of aromatic nitrogens is 2. The van der Waals surface area contributed by atoms with Crippen LogP contribution >= 0.6 is 0 Å². The third kappa shape index (κ3) is 2.44. The summed E-state index contributed by atoms with van der Waals surface area (Å²) in [6, 6.07) is -0.551. The lowest BCUT2D eigenvalue weighted by molar-refractivity contribution is -0.131. The van der Waals surface area contributed by atoms with E-state index in [-0.39, 0.29) is 23.2 Å². The van der Waals surface area contributed by atoms with Gasteiger partial charge in [-0.2, -0.15) is 5.10 Å². The quantitative estimate of drug-likeness (QED) is 0.688. The number of carbonyl (C=O) groups excluding carboxylic acids is 2. The number of nitrogens with one attached hydrogen (secondary N) is 2. The van der Waals surface area contributed by atoms with Crippen molar-refractivity contribution in [1.29, 1.82) is 0 Å². The minimum atomic E-state index is -0.551. The first-order chi connectivity index (χ1) is 8.59. The third-order valence-electron chi connectivity index (χ3n) is 3.05. The highest BCUT2D eigenvalue weighted by molar-refractivity contribution is 6.00. The van der Waals surface area contributed by atoms with Crippen molar-refractivity contribution in [1.82, 2.24) is 20.4 Å². The fraction of sp³-hybridized carbons (Fsp3) is 0.545. The van der Waals surface area contributed by atoms with Crippen molar-refractivity contribution in [2.45, 2.75) is 25.8 Å². The van der Waals surface area contributed by atoms with Crippen LogP contribution < -0.4 is 11.1 Å². The molecule has 1 fully saturated rings. The molecule has 1 atom stereocenters. The topological polar surface area (TPSA) is 104 Å². The van der Waals surface area contributed by atoms with Gasteiger partial charge >= 0.3 is 0 Å². The van der Waals surface area contributed by atoms with Crippen molar-refractivity contribution in [3.63, 3.8) is 0 Å². The van der Waals surface area contributed by atoms with E-state index in [1.165, 1.54) is 6.20 Å². The van der Waals surface area contributed by atoms with Crippen LogP contribution in [-0.4, -0.2) is 46.0 Å². The van der Waals surface area contributed by atoms with Crippen LogP contribution in [0.4, 0.5) is 5.82 Å². The Hall–Kier alpha value is -2.05. The lowest BCUT2D eigenvalue weighted by Crippen LogP contribution is -2.46. The van der Waals surface area contributed by atoms with Crippen molar-refractivity contribution in [2.75, 3.05) is 18.8 Å². The van der Waals surface area contributed by atoms with Crippen molar-refractivity contribution in [3.8, 4) is 0 Å². The van der Waals surface area contributed by atoms with Crippen LogP contribution in [0.3, 0.4) is 0 Å². The molecule has 0 spiro atoms. The van der Waals surface area contributed by atoms with Crippen LogP contribution in [0.1, 0.15) is 30.1 Å². The number of carbonyl (C=O) groups is 2. The van der Waals surface area contributed by atoms with Gasteiger partial charge in [-0.3, -0.25) is 14.7 Å². The summed E-state index contributed by atoms with van der Waals surface area (Å²) in [5.41, 5.74) is 5.80.